The molecule has 20 heavy (non-hydrogen) atoms. The average molecular weight is 286 g/mol. The molecule has 3 heterocycles. The van der Waals surface area contributed by atoms with Crippen molar-refractivity contribution < 1.29 is 4.74 Å². The third-order valence-electron chi connectivity index (χ3n) is 3.89. The first-order valence-electron chi connectivity index (χ1n) is 6.74. The number of aromatic nitrogens is 2. The molecule has 1 atom stereocenters. The largest absolute Gasteiger partial charge is 0.493 e. The third kappa shape index (κ3) is 1.85. The summed E-state index contributed by atoms with van der Waals surface area (Å²) in [6.07, 6.45) is 0.853. The highest BCUT2D eigenvalue weighted by molar-refractivity contribution is 7.98. The lowest BCUT2D eigenvalue weighted by molar-refractivity contribution is 0.274. The summed E-state index contributed by atoms with van der Waals surface area (Å²) in [7, 11) is 0. The predicted molar refractivity (Wildman–Crippen MR) is 78.3 cm³/mol. The van der Waals surface area contributed by atoms with Gasteiger partial charge in [-0.15, -0.1) is 0 Å². The minimum Gasteiger partial charge on any atom is -0.493 e. The number of para-hydroxylation sites is 1. The van der Waals surface area contributed by atoms with Gasteiger partial charge >= 0.3 is 0 Å². The fourth-order valence-electron chi connectivity index (χ4n) is 2.87. The smallest absolute Gasteiger partial charge is 0.255 e. The quantitative estimate of drug-likeness (QED) is 0.875. The number of benzene rings is 1. The lowest BCUT2D eigenvalue weighted by atomic mass is 9.92. The van der Waals surface area contributed by atoms with Crippen LogP contribution in [0.3, 0.4) is 0 Å². The summed E-state index contributed by atoms with van der Waals surface area (Å²) in [5.74, 6) is 3.44. The molecule has 0 amide bonds. The predicted octanol–water partition coefficient (Wildman–Crippen LogP) is 2.43. The molecule has 0 saturated heterocycles. The first kappa shape index (κ1) is 12.0. The van der Waals surface area contributed by atoms with E-state index in [-0.39, 0.29) is 11.5 Å². The van der Waals surface area contributed by atoms with E-state index < -0.39 is 0 Å². The van der Waals surface area contributed by atoms with Gasteiger partial charge in [0.2, 0.25) is 0 Å². The Morgan fingerprint density at radius 3 is 3.15 bits per heavy atom. The van der Waals surface area contributed by atoms with Crippen molar-refractivity contribution in [2.75, 3.05) is 6.61 Å². The number of thioether (sulfide) groups is 1. The van der Waals surface area contributed by atoms with Gasteiger partial charge in [0, 0.05) is 28.6 Å². The van der Waals surface area contributed by atoms with Crippen LogP contribution in [0.25, 0.3) is 0 Å². The van der Waals surface area contributed by atoms with Crippen molar-refractivity contribution in [2.24, 2.45) is 0 Å². The van der Waals surface area contributed by atoms with Gasteiger partial charge < -0.3 is 9.72 Å². The molecule has 1 aromatic heterocycles. The Labute approximate surface area is 120 Å². The summed E-state index contributed by atoms with van der Waals surface area (Å²) >= 11 is 1.75. The molecule has 0 radical (unpaired) electrons. The number of aromatic amines is 1. The zero-order valence-corrected chi connectivity index (χ0v) is 11.7. The number of nitrogens with zero attached hydrogens (tertiary/aromatic N) is 1. The molecule has 0 fully saturated rings. The molecule has 0 aliphatic carbocycles. The van der Waals surface area contributed by atoms with Crippen LogP contribution in [-0.4, -0.2) is 16.6 Å². The maximum absolute atomic E-state index is 12.1. The van der Waals surface area contributed by atoms with E-state index in [1.54, 1.807) is 11.8 Å². The fraction of sp³-hybridized carbons (Fsp3) is 0.333. The van der Waals surface area contributed by atoms with Crippen molar-refractivity contribution in [3.8, 4) is 5.75 Å². The van der Waals surface area contributed by atoms with Crippen LogP contribution in [0.5, 0.6) is 5.75 Å². The molecule has 2 aliphatic rings. The Balaban J connectivity index is 1.83. The number of hydrogen-bond donors (Lipinski definition) is 1. The first-order chi connectivity index (χ1) is 9.83. The van der Waals surface area contributed by atoms with Gasteiger partial charge in [0.05, 0.1) is 12.3 Å². The molecule has 1 aromatic carbocycles. The number of hydrogen-bond acceptors (Lipinski definition) is 4. The number of nitrogens with one attached hydrogen (secondary N) is 1. The van der Waals surface area contributed by atoms with Crippen molar-refractivity contribution in [3.05, 3.63) is 57.3 Å². The van der Waals surface area contributed by atoms with Crippen molar-refractivity contribution in [1.29, 1.82) is 0 Å². The Hall–Kier alpha value is -1.75. The molecule has 1 unspecified atom stereocenters. The Bertz CT molecular complexity index is 726. The number of H-pyrrole nitrogens is 1. The van der Waals surface area contributed by atoms with Crippen LogP contribution in [-0.2, 0) is 11.5 Å². The number of ether oxygens (including phenoxy) is 1. The highest BCUT2D eigenvalue weighted by Gasteiger charge is 2.27. The van der Waals surface area contributed by atoms with Crippen molar-refractivity contribution in [1.82, 2.24) is 9.97 Å². The van der Waals surface area contributed by atoms with Crippen LogP contribution < -0.4 is 10.3 Å². The maximum atomic E-state index is 12.1. The van der Waals surface area contributed by atoms with Gasteiger partial charge in [0.25, 0.3) is 5.56 Å². The SMILES string of the molecule is O=c1[nH]c(C2CCOc3ccccc32)nc2c1CSC2. The van der Waals surface area contributed by atoms with Crippen LogP contribution in [0.2, 0.25) is 0 Å². The van der Waals surface area contributed by atoms with E-state index in [1.807, 2.05) is 18.2 Å². The summed E-state index contributed by atoms with van der Waals surface area (Å²) in [4.78, 5) is 19.8. The lowest BCUT2D eigenvalue weighted by Gasteiger charge is -2.25. The van der Waals surface area contributed by atoms with E-state index in [9.17, 15) is 4.79 Å². The normalized spacial score (nSPS) is 20.1. The first-order valence-corrected chi connectivity index (χ1v) is 7.90. The Kier molecular flexibility index (Phi) is 2.80. The molecular weight excluding hydrogens is 272 g/mol. The van der Waals surface area contributed by atoms with Gasteiger partial charge in [-0.05, 0) is 12.5 Å². The molecule has 0 bridgehead atoms. The summed E-state index contributed by atoms with van der Waals surface area (Å²) in [6, 6.07) is 8.00. The van der Waals surface area contributed by atoms with Gasteiger partial charge in [-0.25, -0.2) is 4.98 Å². The molecular formula is C15H14N2O2S. The molecule has 102 valence electrons. The molecule has 1 N–H and O–H groups in total. The molecule has 2 aromatic rings. The van der Waals surface area contributed by atoms with Gasteiger partial charge in [-0.1, -0.05) is 18.2 Å². The van der Waals surface area contributed by atoms with E-state index in [2.05, 4.69) is 11.1 Å². The summed E-state index contributed by atoms with van der Waals surface area (Å²) < 4.78 is 5.67. The summed E-state index contributed by atoms with van der Waals surface area (Å²) in [5.41, 5.74) is 2.95. The number of fused-ring (bicyclic) bond motifs is 2. The van der Waals surface area contributed by atoms with Gasteiger partial charge in [0.1, 0.15) is 11.6 Å². The zero-order chi connectivity index (χ0) is 13.5. The molecule has 0 saturated carbocycles. The topological polar surface area (TPSA) is 55.0 Å². The molecule has 5 heteroatoms. The highest BCUT2D eigenvalue weighted by atomic mass is 32.2. The van der Waals surface area contributed by atoms with Crippen molar-refractivity contribution in [2.45, 2.75) is 23.8 Å². The maximum Gasteiger partial charge on any atom is 0.255 e. The highest BCUT2D eigenvalue weighted by Crippen LogP contribution is 2.37. The average Bonchev–Trinajstić information content (AvgIpc) is 2.95. The molecule has 4 nitrogen and oxygen atoms in total. The van der Waals surface area contributed by atoms with Crippen LogP contribution in [0.1, 0.15) is 35.0 Å². The number of rotatable bonds is 1. The Morgan fingerprint density at radius 2 is 2.20 bits per heavy atom. The van der Waals surface area contributed by atoms with Crippen LogP contribution in [0.15, 0.2) is 29.1 Å². The second kappa shape index (κ2) is 4.66. The second-order valence-corrected chi connectivity index (χ2v) is 6.08. The van der Waals surface area contributed by atoms with Crippen molar-refractivity contribution in [3.63, 3.8) is 0 Å². The summed E-state index contributed by atoms with van der Waals surface area (Å²) in [5, 5.41) is 0. The third-order valence-corrected chi connectivity index (χ3v) is 4.86. The zero-order valence-electron chi connectivity index (χ0n) is 10.9. The van der Waals surface area contributed by atoms with E-state index in [0.29, 0.717) is 6.61 Å². The van der Waals surface area contributed by atoms with Crippen LogP contribution in [0, 0.1) is 0 Å². The lowest BCUT2D eigenvalue weighted by Crippen LogP contribution is -2.23. The van der Waals surface area contributed by atoms with Crippen LogP contribution >= 0.6 is 11.8 Å². The monoisotopic (exact) mass is 286 g/mol. The Morgan fingerprint density at radius 1 is 1.30 bits per heavy atom. The molecule has 0 spiro atoms. The second-order valence-electron chi connectivity index (χ2n) is 5.10. The fourth-order valence-corrected chi connectivity index (χ4v) is 3.91. The molecule has 2 aliphatic heterocycles. The van der Waals surface area contributed by atoms with Gasteiger partial charge in [-0.3, -0.25) is 4.79 Å². The van der Waals surface area contributed by atoms with E-state index in [1.165, 1.54) is 0 Å². The van der Waals surface area contributed by atoms with E-state index in [4.69, 9.17) is 9.72 Å². The standard InChI is InChI=1S/C15H14N2O2S/c18-15-11-7-20-8-12(11)16-14(17-15)10-5-6-19-13-4-2-1-3-9(10)13/h1-4,10H,5-8H2,(H,16,17,18). The van der Waals surface area contributed by atoms with Gasteiger partial charge in [-0.2, -0.15) is 11.8 Å². The summed E-state index contributed by atoms with van der Waals surface area (Å²) in [6.45, 7) is 0.664. The van der Waals surface area contributed by atoms with Crippen LogP contribution in [0.4, 0.5) is 0 Å². The van der Waals surface area contributed by atoms with E-state index in [0.717, 1.165) is 46.3 Å². The van der Waals surface area contributed by atoms with E-state index >= 15 is 0 Å². The molecule has 4 rings (SSSR count). The minimum absolute atomic E-state index is 0.0268. The van der Waals surface area contributed by atoms with Gasteiger partial charge in [0.15, 0.2) is 0 Å². The van der Waals surface area contributed by atoms with Crippen molar-refractivity contribution >= 4 is 11.8 Å². The minimum atomic E-state index is 0.0268.